The molecule has 0 aliphatic carbocycles. The van der Waals surface area contributed by atoms with Crippen molar-refractivity contribution in [2.75, 3.05) is 0 Å². The summed E-state index contributed by atoms with van der Waals surface area (Å²) >= 11 is 8.68. The zero-order valence-electron chi connectivity index (χ0n) is 19.0. The van der Waals surface area contributed by atoms with Crippen molar-refractivity contribution in [3.8, 4) is 0 Å². The first-order chi connectivity index (χ1) is 17.4. The van der Waals surface area contributed by atoms with Crippen LogP contribution in [-0.2, 0) is 26.9 Å². The zero-order valence-corrected chi connectivity index (χ0v) is 24.4. The summed E-state index contributed by atoms with van der Waals surface area (Å²) in [5.41, 5.74) is 0.693. The van der Waals surface area contributed by atoms with Crippen LogP contribution in [0.4, 0.5) is 17.6 Å². The molecule has 0 radical (unpaired) electrons. The highest BCUT2D eigenvalue weighted by atomic mass is 127. The van der Waals surface area contributed by atoms with E-state index in [-0.39, 0.29) is 22.9 Å². The quantitative estimate of drug-likeness (QED) is 0.156. The fourth-order valence-electron chi connectivity index (χ4n) is 2.60. The lowest BCUT2D eigenvalue weighted by Crippen LogP contribution is -1.98. The second-order valence-corrected chi connectivity index (χ2v) is 9.81. The third-order valence-corrected chi connectivity index (χ3v) is 6.85. The van der Waals surface area contributed by atoms with E-state index in [9.17, 15) is 27.5 Å². The van der Waals surface area contributed by atoms with Crippen LogP contribution in [0.25, 0.3) is 0 Å². The average Bonchev–Trinajstić information content (AvgIpc) is 3.57. The van der Waals surface area contributed by atoms with Crippen LogP contribution < -0.4 is 0 Å². The van der Waals surface area contributed by atoms with Crippen LogP contribution in [0.5, 0.6) is 0 Å². The number of rotatable bonds is 7. The molecule has 0 bridgehead atoms. The van der Waals surface area contributed by atoms with Crippen molar-refractivity contribution in [1.29, 1.82) is 0 Å². The lowest BCUT2D eigenvalue weighted by molar-refractivity contribution is 0.109. The molecule has 0 aromatic carbocycles. The van der Waals surface area contributed by atoms with Crippen molar-refractivity contribution in [2.24, 2.45) is 14.1 Å². The number of aromatic nitrogens is 6. The molecule has 1 N–H and O–H groups in total. The van der Waals surface area contributed by atoms with Crippen molar-refractivity contribution in [3.05, 3.63) is 65.8 Å². The van der Waals surface area contributed by atoms with Gasteiger partial charge in [0.25, 0.3) is 0 Å². The molecule has 0 spiro atoms. The van der Waals surface area contributed by atoms with E-state index in [4.69, 9.17) is 4.52 Å². The first-order valence-electron chi connectivity index (χ1n) is 10.0. The van der Waals surface area contributed by atoms with Gasteiger partial charge < -0.3 is 14.2 Å². The number of carbonyl (C=O) groups excluding carboxylic acids is 1. The summed E-state index contributed by atoms with van der Waals surface area (Å²) in [7, 11) is 3.59. The van der Waals surface area contributed by atoms with Crippen molar-refractivity contribution in [2.45, 2.75) is 31.8 Å². The Morgan fingerprint density at radius 2 is 1.51 bits per heavy atom. The van der Waals surface area contributed by atoms with Gasteiger partial charge in [0.05, 0.1) is 27.8 Å². The number of aliphatic hydroxyl groups excluding tert-OH is 1. The first kappa shape index (κ1) is 31.1. The number of hydrogen-bond acceptors (Lipinski definition) is 8. The SMILES string of the molecule is Cn1cc(C(O)c2cc(CC(F)F)no2)c(Br)n1.Cn1cc(I)c(Br)n1.O=Cc1cc(CC(F)F)no1. The maximum absolute atomic E-state index is 12.2. The van der Waals surface area contributed by atoms with E-state index in [0.717, 1.165) is 8.17 Å². The Kier molecular flexibility index (Phi) is 12.4. The van der Waals surface area contributed by atoms with E-state index in [1.807, 2.05) is 13.2 Å². The predicted molar refractivity (Wildman–Crippen MR) is 136 cm³/mol. The second kappa shape index (κ2) is 14.7. The molecule has 4 heterocycles. The van der Waals surface area contributed by atoms with Crippen molar-refractivity contribution < 1.29 is 36.5 Å². The van der Waals surface area contributed by atoms with Gasteiger partial charge in [-0.2, -0.15) is 10.2 Å². The molecule has 4 rings (SSSR count). The van der Waals surface area contributed by atoms with Crippen LogP contribution >= 0.6 is 54.5 Å². The Bertz CT molecular complexity index is 1260. The Balaban J connectivity index is 0.000000215. The molecule has 0 saturated carbocycles. The topological polar surface area (TPSA) is 125 Å². The monoisotopic (exact) mass is 768 g/mol. The molecule has 0 amide bonds. The van der Waals surface area contributed by atoms with Crippen LogP contribution in [0, 0.1) is 3.57 Å². The number of aryl methyl sites for hydroxylation is 2. The predicted octanol–water partition coefficient (Wildman–Crippen LogP) is 5.14. The number of halogens is 7. The lowest BCUT2D eigenvalue weighted by Gasteiger charge is -2.03. The summed E-state index contributed by atoms with van der Waals surface area (Å²) in [6.45, 7) is 0. The Morgan fingerprint density at radius 3 is 1.92 bits per heavy atom. The van der Waals surface area contributed by atoms with E-state index < -0.39 is 31.8 Å². The molecule has 1 unspecified atom stereocenters. The van der Waals surface area contributed by atoms with Gasteiger partial charge in [-0.05, 0) is 54.5 Å². The minimum atomic E-state index is -2.50. The third kappa shape index (κ3) is 10.3. The van der Waals surface area contributed by atoms with E-state index in [0.29, 0.717) is 16.5 Å². The van der Waals surface area contributed by atoms with Gasteiger partial charge in [0.1, 0.15) is 15.3 Å². The molecule has 0 aliphatic rings. The van der Waals surface area contributed by atoms with Gasteiger partial charge in [-0.25, -0.2) is 17.6 Å². The highest BCUT2D eigenvalue weighted by Gasteiger charge is 2.22. The summed E-state index contributed by atoms with van der Waals surface area (Å²) in [4.78, 5) is 9.98. The molecule has 0 saturated heterocycles. The molecule has 0 fully saturated rings. The second-order valence-electron chi connectivity index (χ2n) is 7.14. The van der Waals surface area contributed by atoms with Gasteiger partial charge in [0.15, 0.2) is 17.8 Å². The Morgan fingerprint density at radius 1 is 0.973 bits per heavy atom. The number of nitrogens with zero attached hydrogens (tertiary/aromatic N) is 6. The molecule has 4 aromatic heterocycles. The molecule has 37 heavy (non-hydrogen) atoms. The summed E-state index contributed by atoms with van der Waals surface area (Å²) in [5, 5.41) is 24.8. The largest absolute Gasteiger partial charge is 0.380 e. The maximum Gasteiger partial charge on any atom is 0.244 e. The van der Waals surface area contributed by atoms with Crippen molar-refractivity contribution >= 4 is 60.7 Å². The molecule has 202 valence electrons. The maximum atomic E-state index is 12.2. The zero-order chi connectivity index (χ0) is 27.7. The number of hydrogen-bond donors (Lipinski definition) is 1. The lowest BCUT2D eigenvalue weighted by atomic mass is 10.1. The summed E-state index contributed by atoms with van der Waals surface area (Å²) < 4.78 is 62.7. The molecule has 4 aromatic rings. The highest BCUT2D eigenvalue weighted by molar-refractivity contribution is 14.1. The number of aliphatic hydroxyl groups is 1. The van der Waals surface area contributed by atoms with Crippen LogP contribution in [-0.4, -0.2) is 54.1 Å². The highest BCUT2D eigenvalue weighted by Crippen LogP contribution is 2.28. The van der Waals surface area contributed by atoms with Crippen molar-refractivity contribution in [3.63, 3.8) is 0 Å². The summed E-state index contributed by atoms with van der Waals surface area (Å²) in [6, 6.07) is 2.51. The van der Waals surface area contributed by atoms with Crippen molar-refractivity contribution in [1.82, 2.24) is 29.9 Å². The molecular weight excluding hydrogens is 751 g/mol. The van der Waals surface area contributed by atoms with Gasteiger partial charge in [0, 0.05) is 44.2 Å². The average molecular weight is 770 g/mol. The Hall–Kier alpha value is -2.12. The van der Waals surface area contributed by atoms with Crippen LogP contribution in [0.3, 0.4) is 0 Å². The normalized spacial score (nSPS) is 11.7. The van der Waals surface area contributed by atoms with Crippen LogP contribution in [0.1, 0.15) is 39.4 Å². The third-order valence-electron chi connectivity index (χ3n) is 4.11. The van der Waals surface area contributed by atoms with Gasteiger partial charge in [-0.3, -0.25) is 14.2 Å². The number of carbonyl (C=O) groups is 1. The van der Waals surface area contributed by atoms with E-state index in [2.05, 4.69) is 79.5 Å². The first-order valence-corrected chi connectivity index (χ1v) is 12.7. The van der Waals surface area contributed by atoms with Crippen LogP contribution in [0.2, 0.25) is 0 Å². The molecule has 17 heteroatoms. The molecule has 1 atom stereocenters. The van der Waals surface area contributed by atoms with Gasteiger partial charge in [-0.1, -0.05) is 10.3 Å². The van der Waals surface area contributed by atoms with Crippen LogP contribution in [0.15, 0.2) is 42.8 Å². The van der Waals surface area contributed by atoms with E-state index >= 15 is 0 Å². The van der Waals surface area contributed by atoms with Gasteiger partial charge >= 0.3 is 0 Å². The van der Waals surface area contributed by atoms with Gasteiger partial charge in [0.2, 0.25) is 12.9 Å². The Labute approximate surface area is 237 Å². The number of aldehydes is 1. The fraction of sp³-hybridized carbons (Fsp3) is 0.350. The minimum absolute atomic E-state index is 0.0272. The van der Waals surface area contributed by atoms with Gasteiger partial charge in [-0.15, -0.1) is 0 Å². The smallest absolute Gasteiger partial charge is 0.244 e. The standard InChI is InChI=1S/C10H10BrF2N3O2.C6H5F2NO2.C4H4BrIN2/c1-16-4-6(10(11)14-16)9(17)7-2-5(15-18-7)3-8(12)13;7-6(8)2-4-1-5(3-10)11-9-4;1-8-2-3(6)4(5)7-8/h2,4,8-9,17H,3H2,1H3;1,3,6H,2H2;2H,1H3. The fourth-order valence-corrected chi connectivity index (χ4v) is 4.03. The molecular formula is C20H19Br2F4IN6O4. The van der Waals surface area contributed by atoms with E-state index in [1.54, 1.807) is 17.9 Å². The van der Waals surface area contributed by atoms with E-state index in [1.165, 1.54) is 16.8 Å². The summed E-state index contributed by atoms with van der Waals surface area (Å²) in [6.07, 6.45) is -3.05. The summed E-state index contributed by atoms with van der Waals surface area (Å²) in [5.74, 6) is 0.0833. The minimum Gasteiger partial charge on any atom is -0.380 e. The number of alkyl halides is 4. The molecule has 10 nitrogen and oxygen atoms in total. The molecule has 0 aliphatic heterocycles.